The number of hydrogen-bond donors (Lipinski definition) is 1. The molecule has 0 bridgehead atoms. The van der Waals surface area contributed by atoms with Crippen LogP contribution >= 0.6 is 15.9 Å². The lowest BCUT2D eigenvalue weighted by atomic mass is 9.97. The Morgan fingerprint density at radius 2 is 1.93 bits per heavy atom. The van der Waals surface area contributed by atoms with Crippen LogP contribution in [0, 0.1) is 0 Å². The van der Waals surface area contributed by atoms with Crippen molar-refractivity contribution >= 4 is 15.9 Å². The van der Waals surface area contributed by atoms with E-state index in [1.54, 1.807) is 12.7 Å². The first-order valence-corrected chi connectivity index (χ1v) is 10.5. The van der Waals surface area contributed by atoms with Crippen molar-refractivity contribution in [2.45, 2.75) is 45.3 Å². The van der Waals surface area contributed by atoms with E-state index in [0.717, 1.165) is 46.6 Å². The van der Waals surface area contributed by atoms with Crippen LogP contribution < -0.4 is 14.8 Å². The maximum Gasteiger partial charge on any atom is 0.167 e. The van der Waals surface area contributed by atoms with Gasteiger partial charge in [-0.15, -0.1) is 0 Å². The lowest BCUT2D eigenvalue weighted by Crippen LogP contribution is -2.17. The molecule has 0 unspecified atom stereocenters. The monoisotopic (exact) mass is 429 g/mol. The molecule has 3 rings (SSSR count). The van der Waals surface area contributed by atoms with E-state index >= 15 is 0 Å². The van der Waals surface area contributed by atoms with Gasteiger partial charge < -0.3 is 14.8 Å². The zero-order valence-corrected chi connectivity index (χ0v) is 17.6. The van der Waals surface area contributed by atoms with Crippen molar-refractivity contribution in [2.24, 2.45) is 0 Å². The quantitative estimate of drug-likeness (QED) is 0.390. The molecule has 0 spiro atoms. The van der Waals surface area contributed by atoms with Gasteiger partial charge in [0.25, 0.3) is 0 Å². The predicted octanol–water partition coefficient (Wildman–Crippen LogP) is 6.02. The summed E-state index contributed by atoms with van der Waals surface area (Å²) in [6, 6.07) is 14.2. The smallest absolute Gasteiger partial charge is 0.167 e. The molecule has 0 amide bonds. The van der Waals surface area contributed by atoms with Crippen LogP contribution in [0.5, 0.6) is 11.5 Å². The van der Waals surface area contributed by atoms with E-state index in [2.05, 4.69) is 39.5 Å². The lowest BCUT2D eigenvalue weighted by molar-refractivity contribution is 0.280. The molecule has 0 heterocycles. The molecule has 0 aliphatic heterocycles. The van der Waals surface area contributed by atoms with Crippen molar-refractivity contribution in [1.29, 1.82) is 0 Å². The van der Waals surface area contributed by atoms with Gasteiger partial charge in [-0.25, -0.2) is 0 Å². The summed E-state index contributed by atoms with van der Waals surface area (Å²) in [6.07, 6.45) is 8.73. The summed E-state index contributed by atoms with van der Waals surface area (Å²) < 4.78 is 12.8. The molecule has 3 nitrogen and oxygen atoms in total. The van der Waals surface area contributed by atoms with Crippen LogP contribution in [0.2, 0.25) is 0 Å². The van der Waals surface area contributed by atoms with Crippen LogP contribution in [0.15, 0.2) is 58.6 Å². The number of hydrogen-bond acceptors (Lipinski definition) is 3. The van der Waals surface area contributed by atoms with Gasteiger partial charge in [-0.3, -0.25) is 0 Å². The summed E-state index contributed by atoms with van der Waals surface area (Å²) in [6.45, 7) is 2.25. The van der Waals surface area contributed by atoms with E-state index in [0.29, 0.717) is 6.61 Å². The van der Waals surface area contributed by atoms with Crippen LogP contribution in [0.25, 0.3) is 0 Å². The van der Waals surface area contributed by atoms with E-state index in [1.165, 1.54) is 25.7 Å². The fourth-order valence-electron chi connectivity index (χ4n) is 3.39. The van der Waals surface area contributed by atoms with Crippen molar-refractivity contribution in [3.05, 3.63) is 69.7 Å². The fraction of sp³-hybridized carbons (Fsp3) is 0.391. The number of halogens is 1. The maximum atomic E-state index is 6.17. The Balaban J connectivity index is 1.64. The molecule has 0 fully saturated rings. The Morgan fingerprint density at radius 1 is 1.07 bits per heavy atom. The largest absolute Gasteiger partial charge is 0.493 e. The maximum absolute atomic E-state index is 6.17. The molecule has 0 radical (unpaired) electrons. The second-order valence-electron chi connectivity index (χ2n) is 6.87. The molecule has 1 N–H and O–H groups in total. The van der Waals surface area contributed by atoms with Crippen molar-refractivity contribution < 1.29 is 9.47 Å². The molecule has 2 aromatic rings. The highest BCUT2D eigenvalue weighted by Gasteiger charge is 2.15. The van der Waals surface area contributed by atoms with Crippen LogP contribution in [-0.2, 0) is 13.2 Å². The third-order valence-electron chi connectivity index (χ3n) is 4.92. The topological polar surface area (TPSA) is 30.5 Å². The average Bonchev–Trinajstić information content (AvgIpc) is 2.72. The normalized spacial score (nSPS) is 13.9. The van der Waals surface area contributed by atoms with E-state index in [-0.39, 0.29) is 0 Å². The van der Waals surface area contributed by atoms with Crippen molar-refractivity contribution in [2.75, 3.05) is 13.7 Å². The number of methoxy groups -OCH3 is 1. The van der Waals surface area contributed by atoms with Gasteiger partial charge in [0, 0.05) is 16.6 Å². The third kappa shape index (κ3) is 5.85. The number of nitrogens with one attached hydrogen (secondary N) is 1. The molecule has 2 aromatic carbocycles. The highest BCUT2D eigenvalue weighted by molar-refractivity contribution is 9.10. The van der Waals surface area contributed by atoms with Gasteiger partial charge in [0.15, 0.2) is 11.5 Å². The van der Waals surface area contributed by atoms with Gasteiger partial charge in [0.2, 0.25) is 0 Å². The number of rotatable bonds is 9. The third-order valence-corrected chi connectivity index (χ3v) is 5.67. The Morgan fingerprint density at radius 3 is 2.67 bits per heavy atom. The standard InChI is InChI=1S/C23H28BrNO2/c1-26-22-13-12-21(24)20(16-25-15-14-18-8-4-2-5-9-18)23(22)27-17-19-10-6-3-7-11-19/h3,6-8,10-13,25H,2,4-5,9,14-17H2,1H3. The van der Waals surface area contributed by atoms with Gasteiger partial charge in [0.1, 0.15) is 6.61 Å². The molecule has 4 heteroatoms. The lowest BCUT2D eigenvalue weighted by Gasteiger charge is -2.18. The van der Waals surface area contributed by atoms with Gasteiger partial charge in [-0.05, 0) is 56.3 Å². The Kier molecular flexibility index (Phi) is 7.79. The molecule has 0 saturated heterocycles. The van der Waals surface area contributed by atoms with Gasteiger partial charge in [0.05, 0.1) is 7.11 Å². The predicted molar refractivity (Wildman–Crippen MR) is 114 cm³/mol. The molecule has 0 aromatic heterocycles. The Hall–Kier alpha value is -1.78. The first-order valence-electron chi connectivity index (χ1n) is 9.68. The minimum atomic E-state index is 0.521. The van der Waals surface area contributed by atoms with Crippen molar-refractivity contribution in [3.8, 4) is 11.5 Å². The molecule has 144 valence electrons. The summed E-state index contributed by atoms with van der Waals surface area (Å²) in [7, 11) is 1.69. The number of ether oxygens (including phenoxy) is 2. The second kappa shape index (κ2) is 10.5. The SMILES string of the molecule is COc1ccc(Br)c(CNCCC2=CCCCC2)c1OCc1ccccc1. The fourth-order valence-corrected chi connectivity index (χ4v) is 3.84. The van der Waals surface area contributed by atoms with Crippen LogP contribution in [0.1, 0.15) is 43.2 Å². The van der Waals surface area contributed by atoms with Gasteiger partial charge in [-0.1, -0.05) is 57.9 Å². The highest BCUT2D eigenvalue weighted by atomic mass is 79.9. The summed E-state index contributed by atoms with van der Waals surface area (Å²) in [5, 5.41) is 3.57. The number of allylic oxidation sites excluding steroid dienone is 1. The second-order valence-corrected chi connectivity index (χ2v) is 7.72. The summed E-state index contributed by atoms with van der Waals surface area (Å²) in [5.41, 5.74) is 3.84. The zero-order valence-electron chi connectivity index (χ0n) is 16.0. The molecular weight excluding hydrogens is 402 g/mol. The molecule has 27 heavy (non-hydrogen) atoms. The first kappa shape index (κ1) is 20.0. The average molecular weight is 430 g/mol. The molecule has 0 saturated carbocycles. The summed E-state index contributed by atoms with van der Waals surface area (Å²) in [4.78, 5) is 0. The van der Waals surface area contributed by atoms with E-state index in [9.17, 15) is 0 Å². The highest BCUT2D eigenvalue weighted by Crippen LogP contribution is 2.36. The van der Waals surface area contributed by atoms with E-state index < -0.39 is 0 Å². The molecule has 1 aliphatic carbocycles. The van der Waals surface area contributed by atoms with E-state index in [4.69, 9.17) is 9.47 Å². The van der Waals surface area contributed by atoms with E-state index in [1.807, 2.05) is 30.3 Å². The molecule has 1 aliphatic rings. The summed E-state index contributed by atoms with van der Waals surface area (Å²) in [5.74, 6) is 1.57. The Bertz CT molecular complexity index is 758. The molecular formula is C23H28BrNO2. The summed E-state index contributed by atoms with van der Waals surface area (Å²) >= 11 is 3.68. The van der Waals surface area contributed by atoms with Gasteiger partial charge >= 0.3 is 0 Å². The van der Waals surface area contributed by atoms with Gasteiger partial charge in [-0.2, -0.15) is 0 Å². The Labute approximate surface area is 170 Å². The zero-order chi connectivity index (χ0) is 18.9. The minimum Gasteiger partial charge on any atom is -0.493 e. The van der Waals surface area contributed by atoms with Crippen LogP contribution in [0.3, 0.4) is 0 Å². The number of benzene rings is 2. The van der Waals surface area contributed by atoms with Crippen LogP contribution in [-0.4, -0.2) is 13.7 Å². The van der Waals surface area contributed by atoms with Crippen LogP contribution in [0.4, 0.5) is 0 Å². The minimum absolute atomic E-state index is 0.521. The first-order chi connectivity index (χ1) is 13.3. The molecule has 0 atom stereocenters. The van der Waals surface area contributed by atoms with Crippen molar-refractivity contribution in [3.63, 3.8) is 0 Å². The van der Waals surface area contributed by atoms with Crippen molar-refractivity contribution in [1.82, 2.24) is 5.32 Å².